The third-order valence-corrected chi connectivity index (χ3v) is 12.1. The second-order valence-electron chi connectivity index (χ2n) is 15.2. The first-order chi connectivity index (χ1) is 26.0. The highest BCUT2D eigenvalue weighted by Crippen LogP contribution is 2.51. The first-order valence-electron chi connectivity index (χ1n) is 18.5. The molecular weight excluding hydrogens is 649 g/mol. The van der Waals surface area contributed by atoms with Gasteiger partial charge < -0.3 is 14.4 Å². The minimum atomic E-state index is -0.114. The lowest BCUT2D eigenvalue weighted by Crippen LogP contribution is -2.47. The van der Waals surface area contributed by atoms with Crippen molar-refractivity contribution < 1.29 is 9.47 Å². The molecule has 2 aliphatic heterocycles. The van der Waals surface area contributed by atoms with Gasteiger partial charge in [-0.05, 0) is 93.0 Å². The molecule has 0 saturated carbocycles. The molecule has 4 nitrogen and oxygen atoms in total. The number of benzene rings is 7. The van der Waals surface area contributed by atoms with Gasteiger partial charge in [0, 0.05) is 27.4 Å². The van der Waals surface area contributed by atoms with Crippen LogP contribution in [0, 0.1) is 0 Å². The lowest BCUT2D eigenvalue weighted by molar-refractivity contribution is 0.426. The summed E-state index contributed by atoms with van der Waals surface area (Å²) in [7, 11) is 0. The molecule has 53 heavy (non-hydrogen) atoms. The van der Waals surface area contributed by atoms with Gasteiger partial charge in [-0.1, -0.05) is 123 Å². The number of fused-ring (bicyclic) bond motifs is 5. The number of ether oxygens (including phenoxy) is 2. The molecule has 1 atom stereocenters. The molecule has 0 amide bonds. The molecule has 4 heteroatoms. The third kappa shape index (κ3) is 3.85. The molecule has 0 N–H and O–H groups in total. The van der Waals surface area contributed by atoms with Crippen molar-refractivity contribution in [2.45, 2.75) is 31.7 Å². The van der Waals surface area contributed by atoms with Gasteiger partial charge in [-0.15, -0.1) is 0 Å². The summed E-state index contributed by atoms with van der Waals surface area (Å²) in [6, 6.07) is 52.8. The molecule has 4 aliphatic rings. The van der Waals surface area contributed by atoms with E-state index in [0.29, 0.717) is 0 Å². The average Bonchev–Trinajstić information content (AvgIpc) is 3.66. The van der Waals surface area contributed by atoms with E-state index in [2.05, 4.69) is 163 Å². The Morgan fingerprint density at radius 1 is 0.604 bits per heavy atom. The van der Waals surface area contributed by atoms with Crippen molar-refractivity contribution in [3.8, 4) is 45.2 Å². The van der Waals surface area contributed by atoms with Crippen LogP contribution in [0.3, 0.4) is 0 Å². The molecular formula is C49H34N2O2. The number of rotatable bonds is 4. The minimum absolute atomic E-state index is 0.0752. The zero-order chi connectivity index (χ0) is 35.0. The number of para-hydroxylation sites is 2. The van der Waals surface area contributed by atoms with Gasteiger partial charge in [0.15, 0.2) is 23.0 Å². The van der Waals surface area contributed by atoms with Gasteiger partial charge in [0.25, 0.3) is 0 Å². The molecule has 2 aliphatic carbocycles. The molecule has 1 unspecified atom stereocenters. The molecule has 12 rings (SSSR count). The zero-order valence-corrected chi connectivity index (χ0v) is 29.4. The van der Waals surface area contributed by atoms with E-state index in [1.165, 1.54) is 54.8 Å². The fourth-order valence-electron chi connectivity index (χ4n) is 9.71. The smallest absolute Gasteiger partial charge is 0.155 e. The maximum absolute atomic E-state index is 7.12. The second-order valence-corrected chi connectivity index (χ2v) is 15.2. The minimum Gasteiger partial charge on any atom is -0.455 e. The molecule has 3 heterocycles. The Labute approximate surface area is 307 Å². The van der Waals surface area contributed by atoms with Crippen molar-refractivity contribution in [2.75, 3.05) is 4.90 Å². The van der Waals surface area contributed by atoms with E-state index in [0.717, 1.165) is 57.4 Å². The van der Waals surface area contributed by atoms with Crippen LogP contribution in [-0.2, 0) is 5.41 Å². The zero-order valence-electron chi connectivity index (χ0n) is 29.4. The Morgan fingerprint density at radius 3 is 2.25 bits per heavy atom. The number of aromatic nitrogens is 1. The number of hydrogen-bond donors (Lipinski definition) is 0. The monoisotopic (exact) mass is 682 g/mol. The highest BCUT2D eigenvalue weighted by molar-refractivity contribution is 5.98. The molecule has 252 valence electrons. The predicted molar refractivity (Wildman–Crippen MR) is 215 cm³/mol. The van der Waals surface area contributed by atoms with E-state index in [-0.39, 0.29) is 11.5 Å². The Bertz CT molecular complexity index is 3040. The summed E-state index contributed by atoms with van der Waals surface area (Å²) in [6.45, 7) is 4.69. The quantitative estimate of drug-likeness (QED) is 0.185. The first kappa shape index (κ1) is 29.1. The van der Waals surface area contributed by atoms with Crippen LogP contribution in [0.2, 0.25) is 0 Å². The highest BCUT2D eigenvalue weighted by Gasteiger charge is 2.39. The summed E-state index contributed by atoms with van der Waals surface area (Å²) in [6.07, 6.45) is 3.20. The van der Waals surface area contributed by atoms with Crippen LogP contribution in [-0.4, -0.2) is 10.6 Å². The maximum atomic E-state index is 7.12. The number of hydrogen-bond acceptors (Lipinski definition) is 3. The van der Waals surface area contributed by atoms with Crippen LogP contribution >= 0.6 is 0 Å². The summed E-state index contributed by atoms with van der Waals surface area (Å²) in [4.78, 5) is 2.53. The maximum Gasteiger partial charge on any atom is 0.155 e. The molecule has 7 aromatic carbocycles. The van der Waals surface area contributed by atoms with Gasteiger partial charge >= 0.3 is 0 Å². The molecule has 0 radical (unpaired) electrons. The normalized spacial score (nSPS) is 16.4. The van der Waals surface area contributed by atoms with E-state index >= 15 is 0 Å². The van der Waals surface area contributed by atoms with E-state index in [4.69, 9.17) is 9.47 Å². The molecule has 1 aromatic heterocycles. The van der Waals surface area contributed by atoms with Crippen molar-refractivity contribution in [1.29, 1.82) is 0 Å². The van der Waals surface area contributed by atoms with Crippen LogP contribution in [0.4, 0.5) is 11.4 Å². The van der Waals surface area contributed by atoms with Gasteiger partial charge in [-0.3, -0.25) is 4.57 Å². The van der Waals surface area contributed by atoms with E-state index in [1.807, 2.05) is 12.1 Å². The van der Waals surface area contributed by atoms with Crippen molar-refractivity contribution in [3.05, 3.63) is 167 Å². The van der Waals surface area contributed by atoms with Crippen molar-refractivity contribution in [1.82, 2.24) is 4.57 Å². The van der Waals surface area contributed by atoms with Crippen LogP contribution in [0.15, 0.2) is 146 Å². The van der Waals surface area contributed by atoms with E-state index < -0.39 is 0 Å². The fraction of sp³-hybridized carbons (Fsp3) is 0.102. The van der Waals surface area contributed by atoms with Crippen LogP contribution in [0.5, 0.6) is 17.2 Å². The van der Waals surface area contributed by atoms with Crippen LogP contribution in [0.1, 0.15) is 31.4 Å². The Kier molecular flexibility index (Phi) is 5.65. The lowest BCUT2D eigenvalue weighted by Gasteiger charge is -2.38. The second kappa shape index (κ2) is 10.3. The number of nitrogens with zero attached hydrogens (tertiary/aromatic N) is 2. The van der Waals surface area contributed by atoms with Gasteiger partial charge in [0.2, 0.25) is 0 Å². The predicted octanol–water partition coefficient (Wildman–Crippen LogP) is 10.8. The van der Waals surface area contributed by atoms with E-state index in [9.17, 15) is 0 Å². The fourth-order valence-corrected chi connectivity index (χ4v) is 9.71. The van der Waals surface area contributed by atoms with Gasteiger partial charge in [0.1, 0.15) is 5.69 Å². The summed E-state index contributed by atoms with van der Waals surface area (Å²) in [5.41, 5.74) is 12.0. The van der Waals surface area contributed by atoms with Crippen LogP contribution < -0.4 is 24.9 Å². The Morgan fingerprint density at radius 2 is 1.30 bits per heavy atom. The van der Waals surface area contributed by atoms with Gasteiger partial charge in [-0.25, -0.2) is 0 Å². The van der Waals surface area contributed by atoms with Gasteiger partial charge in [0.05, 0.1) is 16.9 Å². The number of anilines is 2. The lowest BCUT2D eigenvalue weighted by atomic mass is 9.82. The first-order valence-corrected chi connectivity index (χ1v) is 18.5. The van der Waals surface area contributed by atoms with E-state index in [1.54, 1.807) is 0 Å². The summed E-state index contributed by atoms with van der Waals surface area (Å²) >= 11 is 0. The topological polar surface area (TPSA) is 26.6 Å². The third-order valence-electron chi connectivity index (χ3n) is 12.1. The summed E-state index contributed by atoms with van der Waals surface area (Å²) in [5, 5.41) is 6.02. The standard InChI is InChI=1S/C49H34N2O2/c1-49(2)39-19-6-5-16-35(39)38-28-32(23-25-40(38)49)50(31-14-7-13-30(27-31)34-17-8-12-29-11-3-4-15-33(29)34)41-26-24-37-36-18-9-20-42-45(36)51-46(37)48(41)53-44-22-10-21-43(52-42)47(44)51/h3-25,27-28,41H,26H2,1-2H3. The van der Waals surface area contributed by atoms with Crippen LogP contribution in [0.25, 0.3) is 61.5 Å². The Hall–Kier alpha value is -6.52. The SMILES string of the molecule is CC1(C)c2ccccc2-c2cc(N(c3cccc(-c4cccc5ccccc45)c3)C3CC=c4c5n6c7c(cccc47)Oc4cccc(c4-6)OC=53)ccc21. The molecule has 0 bridgehead atoms. The molecule has 0 spiro atoms. The average molecular weight is 683 g/mol. The summed E-state index contributed by atoms with van der Waals surface area (Å²) < 4.78 is 16.0. The summed E-state index contributed by atoms with van der Waals surface area (Å²) in [5.74, 6) is 3.49. The van der Waals surface area contributed by atoms with Crippen molar-refractivity contribution in [3.63, 3.8) is 0 Å². The largest absolute Gasteiger partial charge is 0.455 e. The molecule has 8 aromatic rings. The molecule has 0 saturated heterocycles. The highest BCUT2D eigenvalue weighted by atomic mass is 16.5. The Balaban J connectivity index is 1.12. The van der Waals surface area contributed by atoms with Gasteiger partial charge in [-0.2, -0.15) is 0 Å². The van der Waals surface area contributed by atoms with Crippen molar-refractivity contribution in [2.24, 2.45) is 0 Å². The molecule has 0 fully saturated rings. The van der Waals surface area contributed by atoms with Crippen molar-refractivity contribution >= 4 is 44.9 Å².